The molecule has 17 heavy (non-hydrogen) atoms. The number of hydrogen-bond acceptors (Lipinski definition) is 4. The predicted octanol–water partition coefficient (Wildman–Crippen LogP) is 1.66. The quantitative estimate of drug-likeness (QED) is 0.835. The first-order valence-corrected chi connectivity index (χ1v) is 5.58. The topological polar surface area (TPSA) is 63.8 Å². The zero-order chi connectivity index (χ0) is 12.1. The molecule has 3 N–H and O–H groups in total. The van der Waals surface area contributed by atoms with Gasteiger partial charge in [-0.25, -0.2) is 9.97 Å². The second-order valence-corrected chi connectivity index (χ2v) is 3.99. The largest absolute Gasteiger partial charge is 0.384 e. The Hall–Kier alpha value is -1.94. The highest BCUT2D eigenvalue weighted by Crippen LogP contribution is 2.03. The molecule has 4 heteroatoms. The van der Waals surface area contributed by atoms with E-state index in [9.17, 15) is 0 Å². The lowest BCUT2D eigenvalue weighted by molar-refractivity contribution is 0.663. The van der Waals surface area contributed by atoms with Crippen molar-refractivity contribution in [3.8, 4) is 0 Å². The number of rotatable bonds is 4. The minimum Gasteiger partial charge on any atom is -0.384 e. The van der Waals surface area contributed by atoms with Gasteiger partial charge in [-0.1, -0.05) is 29.8 Å². The third-order valence-corrected chi connectivity index (χ3v) is 2.42. The van der Waals surface area contributed by atoms with Crippen molar-refractivity contribution in [3.05, 3.63) is 53.5 Å². The number of nitrogen functional groups attached to an aromatic ring is 1. The van der Waals surface area contributed by atoms with Crippen LogP contribution in [-0.2, 0) is 13.1 Å². The Kier molecular flexibility index (Phi) is 3.67. The molecule has 2 rings (SSSR count). The molecule has 1 aromatic heterocycles. The average molecular weight is 228 g/mol. The first-order valence-electron chi connectivity index (χ1n) is 5.58. The number of hydrogen-bond donors (Lipinski definition) is 2. The Morgan fingerprint density at radius 2 is 2.12 bits per heavy atom. The SMILES string of the molecule is Cc1cccc(CNCc2nccc(N)n2)c1. The molecule has 1 heterocycles. The number of anilines is 1. The molecule has 1 aromatic carbocycles. The molecule has 0 aliphatic heterocycles. The highest BCUT2D eigenvalue weighted by Gasteiger charge is 1.97. The minimum absolute atomic E-state index is 0.507. The monoisotopic (exact) mass is 228 g/mol. The van der Waals surface area contributed by atoms with E-state index in [1.165, 1.54) is 11.1 Å². The fraction of sp³-hybridized carbons (Fsp3) is 0.231. The van der Waals surface area contributed by atoms with Gasteiger partial charge in [-0.2, -0.15) is 0 Å². The Morgan fingerprint density at radius 1 is 1.24 bits per heavy atom. The number of aromatic nitrogens is 2. The van der Waals surface area contributed by atoms with Gasteiger partial charge in [0.05, 0.1) is 6.54 Å². The fourth-order valence-electron chi connectivity index (χ4n) is 1.64. The first-order chi connectivity index (χ1) is 8.24. The molecule has 4 nitrogen and oxygen atoms in total. The summed E-state index contributed by atoms with van der Waals surface area (Å²) in [7, 11) is 0. The van der Waals surface area contributed by atoms with Gasteiger partial charge in [-0.15, -0.1) is 0 Å². The van der Waals surface area contributed by atoms with Crippen molar-refractivity contribution >= 4 is 5.82 Å². The minimum atomic E-state index is 0.507. The first kappa shape index (κ1) is 11.5. The highest BCUT2D eigenvalue weighted by molar-refractivity contribution is 5.25. The van der Waals surface area contributed by atoms with Crippen LogP contribution < -0.4 is 11.1 Å². The predicted molar refractivity (Wildman–Crippen MR) is 68.2 cm³/mol. The van der Waals surface area contributed by atoms with Crippen LogP contribution in [0.25, 0.3) is 0 Å². The number of aryl methyl sites for hydroxylation is 1. The Labute approximate surface area is 101 Å². The summed E-state index contributed by atoms with van der Waals surface area (Å²) >= 11 is 0. The van der Waals surface area contributed by atoms with Crippen LogP contribution in [0.1, 0.15) is 17.0 Å². The summed E-state index contributed by atoms with van der Waals surface area (Å²) in [5.41, 5.74) is 8.11. The molecule has 0 fully saturated rings. The van der Waals surface area contributed by atoms with Gasteiger partial charge >= 0.3 is 0 Å². The smallest absolute Gasteiger partial charge is 0.144 e. The van der Waals surface area contributed by atoms with Gasteiger partial charge in [0.15, 0.2) is 0 Å². The second kappa shape index (κ2) is 5.41. The zero-order valence-electron chi connectivity index (χ0n) is 9.85. The van der Waals surface area contributed by atoms with Crippen molar-refractivity contribution in [1.82, 2.24) is 15.3 Å². The van der Waals surface area contributed by atoms with E-state index in [1.54, 1.807) is 12.3 Å². The van der Waals surface area contributed by atoms with Gasteiger partial charge in [-0.3, -0.25) is 0 Å². The number of nitrogens with two attached hydrogens (primary N) is 1. The average Bonchev–Trinajstić information content (AvgIpc) is 2.29. The van der Waals surface area contributed by atoms with E-state index < -0.39 is 0 Å². The Bertz CT molecular complexity index is 451. The van der Waals surface area contributed by atoms with Gasteiger partial charge in [0.25, 0.3) is 0 Å². The molecular formula is C13H16N4. The van der Waals surface area contributed by atoms with Crippen LogP contribution >= 0.6 is 0 Å². The molecule has 0 saturated carbocycles. The number of nitrogens with one attached hydrogen (secondary N) is 1. The maximum absolute atomic E-state index is 5.58. The van der Waals surface area contributed by atoms with E-state index in [2.05, 4.69) is 46.5 Å². The van der Waals surface area contributed by atoms with Crippen molar-refractivity contribution in [2.75, 3.05) is 5.73 Å². The van der Waals surface area contributed by atoms with E-state index >= 15 is 0 Å². The van der Waals surface area contributed by atoms with E-state index in [4.69, 9.17) is 5.73 Å². The summed E-state index contributed by atoms with van der Waals surface area (Å²) in [5.74, 6) is 1.23. The van der Waals surface area contributed by atoms with Gasteiger partial charge in [0.1, 0.15) is 11.6 Å². The number of benzene rings is 1. The Balaban J connectivity index is 1.87. The van der Waals surface area contributed by atoms with Gasteiger partial charge < -0.3 is 11.1 Å². The van der Waals surface area contributed by atoms with E-state index in [1.807, 2.05) is 0 Å². The summed E-state index contributed by atoms with van der Waals surface area (Å²) in [5, 5.41) is 3.29. The molecule has 0 spiro atoms. The van der Waals surface area contributed by atoms with E-state index in [0.717, 1.165) is 12.4 Å². The van der Waals surface area contributed by atoms with Crippen molar-refractivity contribution in [1.29, 1.82) is 0 Å². The molecule has 88 valence electrons. The maximum atomic E-state index is 5.58. The van der Waals surface area contributed by atoms with Crippen molar-refractivity contribution < 1.29 is 0 Å². The molecular weight excluding hydrogens is 212 g/mol. The summed E-state index contributed by atoms with van der Waals surface area (Å²) in [4.78, 5) is 8.26. The zero-order valence-corrected chi connectivity index (χ0v) is 9.85. The van der Waals surface area contributed by atoms with Crippen LogP contribution in [0.5, 0.6) is 0 Å². The van der Waals surface area contributed by atoms with Gasteiger partial charge in [0.2, 0.25) is 0 Å². The van der Waals surface area contributed by atoms with Crippen molar-refractivity contribution in [3.63, 3.8) is 0 Å². The molecule has 0 radical (unpaired) electrons. The molecule has 0 saturated heterocycles. The van der Waals surface area contributed by atoms with Crippen LogP contribution in [0.4, 0.5) is 5.82 Å². The number of nitrogens with zero attached hydrogens (tertiary/aromatic N) is 2. The van der Waals surface area contributed by atoms with Crippen LogP contribution in [0.2, 0.25) is 0 Å². The maximum Gasteiger partial charge on any atom is 0.144 e. The standard InChI is InChI=1S/C13H16N4/c1-10-3-2-4-11(7-10)8-15-9-13-16-6-5-12(14)17-13/h2-7,15H,8-9H2,1H3,(H2,14,16,17). The lowest BCUT2D eigenvalue weighted by Gasteiger charge is -2.05. The fourth-order valence-corrected chi connectivity index (χ4v) is 1.64. The van der Waals surface area contributed by atoms with Crippen LogP contribution in [-0.4, -0.2) is 9.97 Å². The second-order valence-electron chi connectivity index (χ2n) is 3.99. The molecule has 0 aliphatic carbocycles. The van der Waals surface area contributed by atoms with Crippen LogP contribution in [0.3, 0.4) is 0 Å². The Morgan fingerprint density at radius 3 is 2.88 bits per heavy atom. The normalized spacial score (nSPS) is 10.4. The van der Waals surface area contributed by atoms with Crippen molar-refractivity contribution in [2.24, 2.45) is 0 Å². The van der Waals surface area contributed by atoms with Gasteiger partial charge in [0, 0.05) is 12.7 Å². The molecule has 0 unspecified atom stereocenters. The molecule has 0 bridgehead atoms. The lowest BCUT2D eigenvalue weighted by atomic mass is 10.1. The van der Waals surface area contributed by atoms with Crippen LogP contribution in [0, 0.1) is 6.92 Å². The summed E-state index contributed by atoms with van der Waals surface area (Å²) in [6, 6.07) is 10.1. The third-order valence-electron chi connectivity index (χ3n) is 2.42. The highest BCUT2D eigenvalue weighted by atomic mass is 15.0. The summed E-state index contributed by atoms with van der Waals surface area (Å²) in [6.45, 7) is 3.52. The summed E-state index contributed by atoms with van der Waals surface area (Å²) in [6.07, 6.45) is 1.67. The third kappa shape index (κ3) is 3.53. The molecule has 0 amide bonds. The van der Waals surface area contributed by atoms with E-state index in [0.29, 0.717) is 12.4 Å². The van der Waals surface area contributed by atoms with Gasteiger partial charge in [-0.05, 0) is 18.6 Å². The van der Waals surface area contributed by atoms with Crippen LogP contribution in [0.15, 0.2) is 36.5 Å². The molecule has 2 aromatic rings. The molecule has 0 atom stereocenters. The molecule has 0 aliphatic rings. The lowest BCUT2D eigenvalue weighted by Crippen LogP contribution is -2.15. The van der Waals surface area contributed by atoms with Crippen molar-refractivity contribution in [2.45, 2.75) is 20.0 Å². The summed E-state index contributed by atoms with van der Waals surface area (Å²) < 4.78 is 0. The van der Waals surface area contributed by atoms with E-state index in [-0.39, 0.29) is 0 Å².